The van der Waals surface area contributed by atoms with Crippen LogP contribution in [0.1, 0.15) is 18.5 Å². The molecular weight excluding hydrogens is 533 g/mol. The number of carboxylic acids is 1. The number of carboxylic acid groups (broad SMARTS) is 1. The van der Waals surface area contributed by atoms with Crippen LogP contribution in [0.25, 0.3) is 0 Å². The lowest BCUT2D eigenvalue weighted by molar-refractivity contribution is -0.192. The van der Waals surface area contributed by atoms with Crippen LogP contribution in [-0.4, -0.2) is 82.8 Å². The molecule has 0 amide bonds. The van der Waals surface area contributed by atoms with Gasteiger partial charge >= 0.3 is 12.1 Å². The average molecular weight is 561 g/mol. The molecule has 2 fully saturated rings. The van der Waals surface area contributed by atoms with E-state index in [0.29, 0.717) is 12.3 Å². The predicted octanol–water partition coefficient (Wildman–Crippen LogP) is 2.68. The maximum absolute atomic E-state index is 12.7. The number of hydrogen-bond donors (Lipinski definition) is 2. The number of aromatic nitrogens is 2. The van der Waals surface area contributed by atoms with Crippen molar-refractivity contribution < 1.29 is 27.6 Å². The number of benzene rings is 1. The molecule has 0 saturated carbocycles. The second-order valence-electron chi connectivity index (χ2n) is 8.90. The number of nitrogens with two attached hydrogens (primary N) is 1. The average Bonchev–Trinajstić information content (AvgIpc) is 3.50. The van der Waals surface area contributed by atoms with E-state index in [-0.39, 0.29) is 6.04 Å². The molecule has 0 radical (unpaired) electrons. The molecule has 3 N–H and O–H groups in total. The zero-order valence-electron chi connectivity index (χ0n) is 20.0. The quantitative estimate of drug-likeness (QED) is 0.543. The lowest BCUT2D eigenvalue weighted by Gasteiger charge is -2.36. The van der Waals surface area contributed by atoms with Crippen molar-refractivity contribution in [3.63, 3.8) is 0 Å². The first-order valence-electron chi connectivity index (χ1n) is 11.9. The highest BCUT2D eigenvalue weighted by Crippen LogP contribution is 2.37. The van der Waals surface area contributed by atoms with E-state index in [2.05, 4.69) is 26.8 Å². The van der Waals surface area contributed by atoms with Gasteiger partial charge in [0.25, 0.3) is 0 Å². The van der Waals surface area contributed by atoms with E-state index in [9.17, 15) is 17.7 Å². The minimum absolute atomic E-state index is 0.274. The van der Waals surface area contributed by atoms with Gasteiger partial charge in [0.1, 0.15) is 11.4 Å². The highest BCUT2D eigenvalue weighted by atomic mass is 35.5. The van der Waals surface area contributed by atoms with Crippen LogP contribution >= 0.6 is 11.6 Å². The van der Waals surface area contributed by atoms with Gasteiger partial charge in [-0.25, -0.2) is 9.78 Å². The van der Waals surface area contributed by atoms with Crippen LogP contribution < -0.4 is 20.4 Å². The number of anilines is 3. The standard InChI is InChI=1S/C21H27ClN6OS.C2HF3O2/c22-15-3-5-16(6-4-15)26-9-11-27(12-10-26)21-24-18-7-13-30(29)19(18)20(25-21)28-8-1-2-17(28)14-23;3-2(4,5)1(6)7/h3-6,17H,1-2,7-14,23H2;(H,6,7)/t17-,30?;/m1./s1. The number of nitrogens with zero attached hydrogens (tertiary/aromatic N) is 5. The molecule has 5 rings (SSSR count). The third kappa shape index (κ3) is 6.33. The van der Waals surface area contributed by atoms with Crippen molar-refractivity contribution in [3.05, 3.63) is 35.0 Å². The molecule has 0 aliphatic carbocycles. The number of hydrogen-bond acceptors (Lipinski definition) is 8. The molecule has 0 bridgehead atoms. The third-order valence-electron chi connectivity index (χ3n) is 6.58. The van der Waals surface area contributed by atoms with Crippen LogP contribution in [0.5, 0.6) is 0 Å². The summed E-state index contributed by atoms with van der Waals surface area (Å²) in [4.78, 5) is 26.4. The van der Waals surface area contributed by atoms with Crippen LogP contribution in [0.3, 0.4) is 0 Å². The van der Waals surface area contributed by atoms with Gasteiger partial charge < -0.3 is 30.1 Å². The zero-order chi connectivity index (χ0) is 26.7. The Balaban J connectivity index is 0.000000405. The summed E-state index contributed by atoms with van der Waals surface area (Å²) >= 11 is 5.01. The summed E-state index contributed by atoms with van der Waals surface area (Å²) in [6.45, 7) is 5.03. The number of piperazine rings is 1. The van der Waals surface area contributed by atoms with Gasteiger partial charge in [-0.05, 0) is 48.3 Å². The minimum atomic E-state index is -5.08. The Labute approximate surface area is 220 Å². The maximum atomic E-state index is 12.7. The fourth-order valence-electron chi connectivity index (χ4n) is 4.68. The van der Waals surface area contributed by atoms with E-state index in [1.807, 2.05) is 12.1 Å². The number of fused-ring (bicyclic) bond motifs is 1. The molecule has 0 spiro atoms. The van der Waals surface area contributed by atoms with Crippen molar-refractivity contribution >= 4 is 46.2 Å². The van der Waals surface area contributed by atoms with Gasteiger partial charge in [0.15, 0.2) is 5.82 Å². The fourth-order valence-corrected chi connectivity index (χ4v) is 6.16. The molecule has 2 atom stereocenters. The van der Waals surface area contributed by atoms with Crippen LogP contribution in [-0.2, 0) is 22.4 Å². The number of halogens is 4. The Morgan fingerprint density at radius 1 is 1.14 bits per heavy atom. The lowest BCUT2D eigenvalue weighted by atomic mass is 10.2. The fraction of sp³-hybridized carbons (Fsp3) is 0.522. The molecule has 1 aromatic carbocycles. The van der Waals surface area contributed by atoms with Gasteiger partial charge in [-0.15, -0.1) is 0 Å². The molecule has 2 aromatic rings. The number of aliphatic carboxylic acids is 1. The van der Waals surface area contributed by atoms with E-state index in [4.69, 9.17) is 37.2 Å². The first-order valence-corrected chi connectivity index (χ1v) is 13.6. The summed E-state index contributed by atoms with van der Waals surface area (Å²) in [5.74, 6) is -0.487. The molecule has 3 aliphatic rings. The normalized spacial score (nSPS) is 21.5. The van der Waals surface area contributed by atoms with Crippen LogP contribution in [0.2, 0.25) is 5.02 Å². The van der Waals surface area contributed by atoms with Gasteiger partial charge in [0.2, 0.25) is 10.8 Å². The van der Waals surface area contributed by atoms with E-state index in [0.717, 1.165) is 79.4 Å². The van der Waals surface area contributed by atoms with E-state index < -0.39 is 23.3 Å². The molecular formula is C23H28ClF3N6O3S. The summed E-state index contributed by atoms with van der Waals surface area (Å²) in [6, 6.07) is 8.28. The van der Waals surface area contributed by atoms with Crippen molar-refractivity contribution in [2.24, 2.45) is 5.73 Å². The first kappa shape index (κ1) is 27.6. The molecule has 3 aliphatic heterocycles. The summed E-state index contributed by atoms with van der Waals surface area (Å²) in [7, 11) is 0. The molecule has 37 heavy (non-hydrogen) atoms. The number of alkyl halides is 3. The Bertz CT molecular complexity index is 1100. The second kappa shape index (κ2) is 11.5. The van der Waals surface area contributed by atoms with Crippen LogP contribution in [0.15, 0.2) is 29.2 Å². The number of aryl methyl sites for hydroxylation is 1. The largest absolute Gasteiger partial charge is 0.611 e. The predicted molar refractivity (Wildman–Crippen MR) is 136 cm³/mol. The lowest BCUT2D eigenvalue weighted by Crippen LogP contribution is -2.47. The van der Waals surface area contributed by atoms with Gasteiger partial charge in [0.05, 0.1) is 0 Å². The second-order valence-corrected chi connectivity index (χ2v) is 10.8. The first-order chi connectivity index (χ1) is 17.6. The summed E-state index contributed by atoms with van der Waals surface area (Å²) in [6.07, 6.45) is -2.16. The van der Waals surface area contributed by atoms with E-state index >= 15 is 0 Å². The van der Waals surface area contributed by atoms with Gasteiger partial charge in [-0.2, -0.15) is 18.2 Å². The smallest absolute Gasteiger partial charge is 0.490 e. The molecule has 202 valence electrons. The van der Waals surface area contributed by atoms with Crippen molar-refractivity contribution in [1.82, 2.24) is 9.97 Å². The van der Waals surface area contributed by atoms with E-state index in [1.54, 1.807) is 0 Å². The summed E-state index contributed by atoms with van der Waals surface area (Å²) < 4.78 is 44.4. The Kier molecular flexibility index (Phi) is 8.56. The topological polar surface area (TPSA) is 122 Å². The maximum Gasteiger partial charge on any atom is 0.490 e. The summed E-state index contributed by atoms with van der Waals surface area (Å²) in [5, 5.41) is 7.88. The highest BCUT2D eigenvalue weighted by Gasteiger charge is 2.39. The molecule has 1 aromatic heterocycles. The molecule has 2 saturated heterocycles. The molecule has 14 heteroatoms. The molecule has 1 unspecified atom stereocenters. The van der Waals surface area contributed by atoms with Gasteiger partial charge in [-0.3, -0.25) is 0 Å². The monoisotopic (exact) mass is 560 g/mol. The van der Waals surface area contributed by atoms with Crippen molar-refractivity contribution in [3.8, 4) is 0 Å². The Morgan fingerprint density at radius 2 is 1.76 bits per heavy atom. The summed E-state index contributed by atoms with van der Waals surface area (Å²) in [5.41, 5.74) is 8.16. The van der Waals surface area contributed by atoms with Crippen LogP contribution in [0.4, 0.5) is 30.6 Å². The zero-order valence-corrected chi connectivity index (χ0v) is 21.5. The molecule has 9 nitrogen and oxygen atoms in total. The van der Waals surface area contributed by atoms with Crippen molar-refractivity contribution in [2.45, 2.75) is 36.4 Å². The van der Waals surface area contributed by atoms with Gasteiger partial charge in [0, 0.05) is 62.4 Å². The number of carbonyl (C=O) groups is 1. The van der Waals surface area contributed by atoms with Crippen LogP contribution in [0, 0.1) is 0 Å². The number of rotatable bonds is 4. The minimum Gasteiger partial charge on any atom is -0.611 e. The van der Waals surface area contributed by atoms with Crippen molar-refractivity contribution in [2.75, 3.05) is 59.7 Å². The SMILES string of the molecule is NC[C@H]1CCCN1c1nc(N2CCN(c3ccc(Cl)cc3)CC2)nc2c1[S+]([O-])CC2.O=C(O)C(F)(F)F. The highest BCUT2D eigenvalue weighted by molar-refractivity contribution is 7.91. The van der Waals surface area contributed by atoms with Crippen molar-refractivity contribution in [1.29, 1.82) is 0 Å². The molecule has 4 heterocycles. The van der Waals surface area contributed by atoms with Gasteiger partial charge in [-0.1, -0.05) is 11.6 Å². The Hall–Kier alpha value is -2.48. The third-order valence-corrected chi connectivity index (χ3v) is 8.28. The van der Waals surface area contributed by atoms with E-state index in [1.165, 1.54) is 5.69 Å². The Morgan fingerprint density at radius 3 is 2.35 bits per heavy atom.